The van der Waals surface area contributed by atoms with E-state index in [1.165, 1.54) is 22.3 Å². The van der Waals surface area contributed by atoms with Crippen LogP contribution in [0.25, 0.3) is 0 Å². The number of esters is 1. The number of nitrogens with one attached hydrogen (secondary N) is 2. The van der Waals surface area contributed by atoms with E-state index in [0.29, 0.717) is 5.82 Å². The molecule has 0 aliphatic heterocycles. The molecule has 2 aliphatic carbocycles. The molecule has 2 N–H and O–H groups in total. The van der Waals surface area contributed by atoms with Crippen molar-refractivity contribution in [1.82, 2.24) is 15.5 Å². The van der Waals surface area contributed by atoms with Gasteiger partial charge in [-0.05, 0) is 74.6 Å². The third-order valence-corrected chi connectivity index (χ3v) is 5.54. The normalized spacial score (nSPS) is 15.5. The number of rotatable bonds is 6. The minimum atomic E-state index is -0.903. The van der Waals surface area contributed by atoms with Crippen LogP contribution < -0.4 is 10.6 Å². The molecule has 0 saturated carbocycles. The number of aromatic nitrogens is 2. The third kappa shape index (κ3) is 4.11. The second-order valence-corrected chi connectivity index (χ2v) is 7.58. The Bertz CT molecular complexity index is 905. The van der Waals surface area contributed by atoms with Crippen LogP contribution in [0.4, 0.5) is 10.5 Å². The Balaban J connectivity index is 1.52. The van der Waals surface area contributed by atoms with Gasteiger partial charge in [0.25, 0.3) is 0 Å². The number of amides is 2. The Kier molecular flexibility index (Phi) is 5.51. The van der Waals surface area contributed by atoms with Gasteiger partial charge in [-0.15, -0.1) is 0 Å². The first kappa shape index (κ1) is 19.4. The number of fused-ring (bicyclic) bond motifs is 2. The molecule has 4 rings (SSSR count). The summed E-state index contributed by atoms with van der Waals surface area (Å²) in [7, 11) is 0. The zero-order valence-corrected chi connectivity index (χ0v) is 16.8. The van der Waals surface area contributed by atoms with Crippen LogP contribution in [-0.4, -0.2) is 34.8 Å². The predicted molar refractivity (Wildman–Crippen MR) is 106 cm³/mol. The van der Waals surface area contributed by atoms with Gasteiger partial charge in [-0.3, -0.25) is 0 Å². The van der Waals surface area contributed by atoms with E-state index >= 15 is 0 Å². The Labute approximate surface area is 169 Å². The lowest BCUT2D eigenvalue weighted by Crippen LogP contribution is -2.45. The molecule has 0 radical (unpaired) electrons. The number of ether oxygens (including phenoxy) is 1. The van der Waals surface area contributed by atoms with E-state index < -0.39 is 18.0 Å². The molecule has 29 heavy (non-hydrogen) atoms. The first-order valence-electron chi connectivity index (χ1n) is 10.2. The van der Waals surface area contributed by atoms with Crippen LogP contribution in [0.5, 0.6) is 0 Å². The van der Waals surface area contributed by atoms with Gasteiger partial charge in [0.15, 0.2) is 5.82 Å². The van der Waals surface area contributed by atoms with Crippen molar-refractivity contribution in [2.24, 2.45) is 0 Å². The van der Waals surface area contributed by atoms with Gasteiger partial charge >= 0.3 is 12.0 Å². The van der Waals surface area contributed by atoms with Crippen molar-refractivity contribution in [2.75, 3.05) is 11.9 Å². The van der Waals surface area contributed by atoms with Crippen LogP contribution in [0.15, 0.2) is 10.6 Å². The second kappa shape index (κ2) is 8.23. The van der Waals surface area contributed by atoms with Crippen molar-refractivity contribution >= 4 is 17.7 Å². The van der Waals surface area contributed by atoms with Crippen LogP contribution in [0.2, 0.25) is 0 Å². The summed E-state index contributed by atoms with van der Waals surface area (Å²) in [5.74, 6) is 0.229. The number of hydrogen-bond acceptors (Lipinski definition) is 6. The van der Waals surface area contributed by atoms with Crippen molar-refractivity contribution in [3.8, 4) is 0 Å². The fraction of sp³-hybridized carbons (Fsp3) is 0.524. The molecule has 0 bridgehead atoms. The molecule has 154 valence electrons. The monoisotopic (exact) mass is 398 g/mol. The fourth-order valence-electron chi connectivity index (χ4n) is 4.31. The third-order valence-electron chi connectivity index (χ3n) is 5.54. The highest BCUT2D eigenvalue weighted by molar-refractivity contribution is 5.94. The molecular formula is C21H26N4O4. The van der Waals surface area contributed by atoms with E-state index in [2.05, 4.69) is 26.8 Å². The molecular weight excluding hydrogens is 372 g/mol. The highest BCUT2D eigenvalue weighted by atomic mass is 16.5. The Morgan fingerprint density at radius 1 is 1.17 bits per heavy atom. The summed E-state index contributed by atoms with van der Waals surface area (Å²) in [6.07, 6.45) is 6.36. The molecule has 0 spiro atoms. The molecule has 2 aromatic rings. The zero-order chi connectivity index (χ0) is 20.4. The number of hydrogen-bond donors (Lipinski definition) is 2. The maximum absolute atomic E-state index is 12.8. The molecule has 8 heteroatoms. The maximum Gasteiger partial charge on any atom is 0.329 e. The molecule has 1 unspecified atom stereocenters. The summed E-state index contributed by atoms with van der Waals surface area (Å²) in [4.78, 5) is 29.3. The fourth-order valence-corrected chi connectivity index (χ4v) is 4.31. The van der Waals surface area contributed by atoms with Crippen LogP contribution in [0.1, 0.15) is 53.7 Å². The SMILES string of the molecule is CCOC(=O)C(Cc1nc(C)no1)NC(=O)Nc1c2c(cc3c1CCC3)CCC2. The van der Waals surface area contributed by atoms with E-state index in [0.717, 1.165) is 44.2 Å². The van der Waals surface area contributed by atoms with Gasteiger partial charge in [-0.1, -0.05) is 11.2 Å². The highest BCUT2D eigenvalue weighted by Gasteiger charge is 2.28. The van der Waals surface area contributed by atoms with Gasteiger partial charge in [0.05, 0.1) is 13.0 Å². The number of carbonyl (C=O) groups excluding carboxylic acids is 2. The van der Waals surface area contributed by atoms with Gasteiger partial charge < -0.3 is 19.9 Å². The van der Waals surface area contributed by atoms with Crippen LogP contribution in [0.3, 0.4) is 0 Å². The van der Waals surface area contributed by atoms with Gasteiger partial charge in [-0.2, -0.15) is 4.98 Å². The highest BCUT2D eigenvalue weighted by Crippen LogP contribution is 2.38. The van der Waals surface area contributed by atoms with Gasteiger partial charge in [0.1, 0.15) is 6.04 Å². The molecule has 8 nitrogen and oxygen atoms in total. The summed E-state index contributed by atoms with van der Waals surface area (Å²) in [5.41, 5.74) is 6.08. The van der Waals surface area contributed by atoms with Crippen molar-refractivity contribution < 1.29 is 18.8 Å². The van der Waals surface area contributed by atoms with Gasteiger partial charge in [-0.25, -0.2) is 9.59 Å². The number of benzene rings is 1. The van der Waals surface area contributed by atoms with E-state index in [4.69, 9.17) is 9.26 Å². The number of aryl methyl sites for hydroxylation is 3. The molecule has 0 fully saturated rings. The van der Waals surface area contributed by atoms with E-state index in [1.807, 2.05) is 0 Å². The quantitative estimate of drug-likeness (QED) is 0.725. The topological polar surface area (TPSA) is 106 Å². The second-order valence-electron chi connectivity index (χ2n) is 7.58. The van der Waals surface area contributed by atoms with Crippen LogP contribution in [-0.2, 0) is 41.6 Å². The molecule has 1 aromatic heterocycles. The largest absolute Gasteiger partial charge is 0.464 e. The predicted octanol–water partition coefficient (Wildman–Crippen LogP) is 2.65. The average molecular weight is 398 g/mol. The van der Waals surface area contributed by atoms with E-state index in [9.17, 15) is 9.59 Å². The first-order chi connectivity index (χ1) is 14.0. The van der Waals surface area contributed by atoms with Crippen molar-refractivity contribution in [2.45, 2.75) is 64.8 Å². The Hall–Kier alpha value is -2.90. The van der Waals surface area contributed by atoms with Crippen LogP contribution in [0, 0.1) is 6.92 Å². The summed E-state index contributed by atoms with van der Waals surface area (Å²) in [5, 5.41) is 9.51. The Morgan fingerprint density at radius 2 is 1.86 bits per heavy atom. The average Bonchev–Trinajstić information content (AvgIpc) is 3.42. The number of urea groups is 1. The summed E-state index contributed by atoms with van der Waals surface area (Å²) in [6, 6.07) is 0.987. The maximum atomic E-state index is 12.8. The summed E-state index contributed by atoms with van der Waals surface area (Å²) in [6.45, 7) is 3.65. The molecule has 1 heterocycles. The minimum Gasteiger partial charge on any atom is -0.464 e. The molecule has 2 amide bonds. The standard InChI is InChI=1S/C21H26N4O4/c1-3-28-20(26)17(11-18-22-12(2)25-29-18)23-21(27)24-19-15-8-4-6-13(15)10-14-7-5-9-16(14)19/h10,17H,3-9,11H2,1-2H3,(H2,23,24,27). The molecule has 2 aliphatic rings. The zero-order valence-electron chi connectivity index (χ0n) is 16.8. The summed E-state index contributed by atoms with van der Waals surface area (Å²) < 4.78 is 10.2. The first-order valence-corrected chi connectivity index (χ1v) is 10.2. The van der Waals surface area contributed by atoms with Crippen LogP contribution >= 0.6 is 0 Å². The van der Waals surface area contributed by atoms with Gasteiger partial charge in [0.2, 0.25) is 5.89 Å². The lowest BCUT2D eigenvalue weighted by Gasteiger charge is -2.19. The van der Waals surface area contributed by atoms with Gasteiger partial charge in [0, 0.05) is 5.69 Å². The Morgan fingerprint density at radius 3 is 2.45 bits per heavy atom. The lowest BCUT2D eigenvalue weighted by atomic mass is 9.99. The van der Waals surface area contributed by atoms with E-state index in [1.54, 1.807) is 13.8 Å². The number of anilines is 1. The van der Waals surface area contributed by atoms with Crippen molar-refractivity contribution in [1.29, 1.82) is 0 Å². The minimum absolute atomic E-state index is 0.0814. The smallest absolute Gasteiger partial charge is 0.329 e. The van der Waals surface area contributed by atoms with E-state index in [-0.39, 0.29) is 18.9 Å². The number of carbonyl (C=O) groups is 2. The molecule has 1 aromatic carbocycles. The molecule has 1 atom stereocenters. The number of nitrogens with zero attached hydrogens (tertiary/aromatic N) is 2. The molecule has 0 saturated heterocycles. The van der Waals surface area contributed by atoms with Crippen molar-refractivity contribution in [3.05, 3.63) is 40.0 Å². The summed E-state index contributed by atoms with van der Waals surface area (Å²) >= 11 is 0. The lowest BCUT2D eigenvalue weighted by molar-refractivity contribution is -0.145. The van der Waals surface area contributed by atoms with Crippen molar-refractivity contribution in [3.63, 3.8) is 0 Å².